The van der Waals surface area contributed by atoms with Crippen LogP contribution in [0.5, 0.6) is 0 Å². The summed E-state index contributed by atoms with van der Waals surface area (Å²) in [6.07, 6.45) is 3.88. The summed E-state index contributed by atoms with van der Waals surface area (Å²) in [6, 6.07) is 0. The van der Waals surface area contributed by atoms with Gasteiger partial charge >= 0.3 is 0 Å². The Balaban J connectivity index is 0.000000260. The summed E-state index contributed by atoms with van der Waals surface area (Å²) in [5, 5.41) is 16.4. The maximum atomic E-state index is 4.17. The highest BCUT2D eigenvalue weighted by Gasteiger charge is 2.25. The van der Waals surface area contributed by atoms with Gasteiger partial charge in [-0.25, -0.2) is 9.36 Å². The first-order chi connectivity index (χ1) is 11.4. The molecule has 0 saturated heterocycles. The second kappa shape index (κ2) is 7.12. The lowest BCUT2D eigenvalue weighted by Crippen LogP contribution is -2.30. The summed E-state index contributed by atoms with van der Waals surface area (Å²) in [6.45, 7) is 25.7. The molecule has 0 aliphatic heterocycles. The molecular weight excluding hydrogens is 324 g/mol. The third kappa shape index (κ3) is 5.92. The van der Waals surface area contributed by atoms with E-state index in [1.54, 1.807) is 0 Å². The lowest BCUT2D eigenvalue weighted by molar-refractivity contribution is 0.316. The highest BCUT2D eigenvalue weighted by molar-refractivity contribution is 5.09. The van der Waals surface area contributed by atoms with Crippen molar-refractivity contribution in [2.75, 3.05) is 0 Å². The van der Waals surface area contributed by atoms with E-state index in [1.165, 1.54) is 5.69 Å². The van der Waals surface area contributed by atoms with Crippen LogP contribution in [0, 0.1) is 0 Å². The second-order valence-corrected chi connectivity index (χ2v) is 10.9. The van der Waals surface area contributed by atoms with Crippen LogP contribution >= 0.6 is 0 Å². The van der Waals surface area contributed by atoms with Gasteiger partial charge in [-0.05, 0) is 41.5 Å². The number of hydrogen-bond acceptors (Lipinski definition) is 4. The highest BCUT2D eigenvalue weighted by atomic mass is 15.5. The van der Waals surface area contributed by atoms with Crippen molar-refractivity contribution in [3.05, 3.63) is 23.8 Å². The zero-order chi connectivity index (χ0) is 20.6. The van der Waals surface area contributed by atoms with Crippen LogP contribution in [0.1, 0.15) is 94.5 Å². The van der Waals surface area contributed by atoms with Crippen LogP contribution in [0.3, 0.4) is 0 Å². The molecule has 148 valence electrons. The van der Waals surface area contributed by atoms with E-state index in [4.69, 9.17) is 0 Å². The molecule has 0 aliphatic rings. The third-order valence-corrected chi connectivity index (χ3v) is 3.90. The Morgan fingerprint density at radius 1 is 0.692 bits per heavy atom. The van der Waals surface area contributed by atoms with E-state index in [0.717, 1.165) is 5.69 Å². The van der Waals surface area contributed by atoms with Gasteiger partial charge in [0.15, 0.2) is 0 Å². The Bertz CT molecular complexity index is 639. The molecule has 0 atom stereocenters. The van der Waals surface area contributed by atoms with Crippen molar-refractivity contribution in [1.29, 1.82) is 0 Å². The van der Waals surface area contributed by atoms with Gasteiger partial charge in [-0.3, -0.25) is 0 Å². The molecule has 0 aliphatic carbocycles. The van der Waals surface area contributed by atoms with Gasteiger partial charge in [0.25, 0.3) is 0 Å². The summed E-state index contributed by atoms with van der Waals surface area (Å²) in [7, 11) is 0. The molecule has 0 spiro atoms. The van der Waals surface area contributed by atoms with Gasteiger partial charge in [-0.15, -0.1) is 10.2 Å². The minimum Gasteiger partial charge on any atom is -0.247 e. The maximum absolute atomic E-state index is 4.17. The van der Waals surface area contributed by atoms with Crippen molar-refractivity contribution in [3.63, 3.8) is 0 Å². The van der Waals surface area contributed by atoms with E-state index in [2.05, 4.69) is 104 Å². The van der Waals surface area contributed by atoms with Crippen LogP contribution in [-0.4, -0.2) is 30.0 Å². The van der Waals surface area contributed by atoms with Gasteiger partial charge in [0.2, 0.25) is 0 Å². The molecular formula is C20H38N6. The minimum atomic E-state index is 0.0130. The van der Waals surface area contributed by atoms with E-state index < -0.39 is 0 Å². The number of rotatable bonds is 0. The highest BCUT2D eigenvalue weighted by Crippen LogP contribution is 2.25. The van der Waals surface area contributed by atoms with Gasteiger partial charge < -0.3 is 0 Å². The topological polar surface area (TPSA) is 61.4 Å². The normalized spacial score (nSPS) is 13.4. The average Bonchev–Trinajstić information content (AvgIpc) is 3.06. The van der Waals surface area contributed by atoms with Crippen molar-refractivity contribution in [2.45, 2.75) is 105 Å². The summed E-state index contributed by atoms with van der Waals surface area (Å²) < 4.78 is 3.90. The molecule has 0 bridgehead atoms. The lowest BCUT2D eigenvalue weighted by Gasteiger charge is -2.27. The first-order valence-electron chi connectivity index (χ1n) is 9.29. The second-order valence-electron chi connectivity index (χ2n) is 10.9. The first kappa shape index (κ1) is 22.3. The van der Waals surface area contributed by atoms with E-state index >= 15 is 0 Å². The number of hydrogen-bond donors (Lipinski definition) is 0. The van der Waals surface area contributed by atoms with Crippen molar-refractivity contribution in [1.82, 2.24) is 30.0 Å². The lowest BCUT2D eigenvalue weighted by atomic mass is 9.91. The minimum absolute atomic E-state index is 0.0130. The van der Waals surface area contributed by atoms with E-state index in [9.17, 15) is 0 Å². The van der Waals surface area contributed by atoms with Crippen molar-refractivity contribution in [3.8, 4) is 0 Å². The summed E-state index contributed by atoms with van der Waals surface area (Å²) >= 11 is 0. The Morgan fingerprint density at radius 3 is 1.50 bits per heavy atom. The maximum Gasteiger partial charge on any atom is 0.0880 e. The van der Waals surface area contributed by atoms with E-state index in [1.807, 2.05) is 21.8 Å². The SMILES string of the molecule is CC(C)(C)c1cn(C(C)(C)C)nn1.CC(C)(C)c1cnnn1C(C)(C)C. The predicted molar refractivity (Wildman–Crippen MR) is 107 cm³/mol. The standard InChI is InChI=1S/2C10H19N3/c1-9(2,3)8-7-13(12-11-8)10(4,5)6;1-9(2,3)8-7-11-12-13(8)10(4,5)6/h2*7H,1-6H3. The van der Waals surface area contributed by atoms with Gasteiger partial charge in [0, 0.05) is 17.0 Å². The predicted octanol–water partition coefficient (Wildman–Crippen LogP) is 4.66. The van der Waals surface area contributed by atoms with Gasteiger partial charge in [-0.2, -0.15) is 0 Å². The van der Waals surface area contributed by atoms with Crippen LogP contribution < -0.4 is 0 Å². The molecule has 0 fully saturated rings. The van der Waals surface area contributed by atoms with Crippen molar-refractivity contribution >= 4 is 0 Å². The van der Waals surface area contributed by atoms with Crippen LogP contribution in [0.4, 0.5) is 0 Å². The molecule has 0 unspecified atom stereocenters. The summed E-state index contributed by atoms with van der Waals surface area (Å²) in [5.74, 6) is 0. The number of aromatic nitrogens is 6. The molecule has 26 heavy (non-hydrogen) atoms. The Labute approximate surface area is 159 Å². The Hall–Kier alpha value is -1.72. The molecule has 2 aromatic rings. The number of nitrogens with zero attached hydrogens (tertiary/aromatic N) is 6. The first-order valence-corrected chi connectivity index (χ1v) is 9.29. The molecule has 0 amide bonds. The van der Waals surface area contributed by atoms with Crippen LogP contribution in [0.2, 0.25) is 0 Å². The Morgan fingerprint density at radius 2 is 1.23 bits per heavy atom. The fraction of sp³-hybridized carbons (Fsp3) is 0.800. The van der Waals surface area contributed by atoms with Crippen LogP contribution in [0.25, 0.3) is 0 Å². The zero-order valence-electron chi connectivity index (χ0n) is 18.8. The van der Waals surface area contributed by atoms with E-state index in [0.29, 0.717) is 0 Å². The molecule has 2 heterocycles. The van der Waals surface area contributed by atoms with Gasteiger partial charge in [-0.1, -0.05) is 52.0 Å². The van der Waals surface area contributed by atoms with Crippen molar-refractivity contribution < 1.29 is 0 Å². The largest absolute Gasteiger partial charge is 0.247 e. The molecule has 6 nitrogen and oxygen atoms in total. The molecule has 0 saturated carbocycles. The van der Waals surface area contributed by atoms with Crippen molar-refractivity contribution in [2.24, 2.45) is 0 Å². The fourth-order valence-corrected chi connectivity index (χ4v) is 2.18. The average molecular weight is 363 g/mol. The third-order valence-electron chi connectivity index (χ3n) is 3.90. The van der Waals surface area contributed by atoms with Crippen LogP contribution in [-0.2, 0) is 21.9 Å². The molecule has 2 aromatic heterocycles. The fourth-order valence-electron chi connectivity index (χ4n) is 2.18. The monoisotopic (exact) mass is 362 g/mol. The smallest absolute Gasteiger partial charge is 0.0880 e. The molecule has 0 aromatic carbocycles. The molecule has 2 rings (SSSR count). The van der Waals surface area contributed by atoms with Gasteiger partial charge in [0.1, 0.15) is 0 Å². The van der Waals surface area contributed by atoms with E-state index in [-0.39, 0.29) is 21.9 Å². The molecule has 6 heteroatoms. The van der Waals surface area contributed by atoms with Gasteiger partial charge in [0.05, 0.1) is 28.7 Å². The summed E-state index contributed by atoms with van der Waals surface area (Å²) in [5.41, 5.74) is 2.46. The zero-order valence-corrected chi connectivity index (χ0v) is 18.8. The van der Waals surface area contributed by atoms with Crippen LogP contribution in [0.15, 0.2) is 12.4 Å². The molecule has 0 radical (unpaired) electrons. The quantitative estimate of drug-likeness (QED) is 0.684. The molecule has 0 N–H and O–H groups in total. The Kier molecular flexibility index (Phi) is 6.11. The summed E-state index contributed by atoms with van der Waals surface area (Å²) in [4.78, 5) is 0.